The van der Waals surface area contributed by atoms with Crippen LogP contribution in [-0.4, -0.2) is 24.2 Å². The number of anilines is 1. The summed E-state index contributed by atoms with van der Waals surface area (Å²) in [5.41, 5.74) is -3.11. The molecule has 2 heterocycles. The monoisotopic (exact) mass is 515 g/mol. The van der Waals surface area contributed by atoms with Crippen molar-refractivity contribution < 1.29 is 35.2 Å². The molecule has 0 unspecified atom stereocenters. The lowest BCUT2D eigenvalue weighted by molar-refractivity contribution is -0.137. The molecule has 0 radical (unpaired) electrons. The van der Waals surface area contributed by atoms with Gasteiger partial charge in [0.25, 0.3) is 10.0 Å². The zero-order chi connectivity index (χ0) is 24.8. The third kappa shape index (κ3) is 4.33. The fourth-order valence-corrected chi connectivity index (χ4v) is 4.45. The van der Waals surface area contributed by atoms with E-state index in [0.717, 1.165) is 18.3 Å². The molecule has 0 fully saturated rings. The lowest BCUT2D eigenvalue weighted by Gasteiger charge is -2.13. The van der Waals surface area contributed by atoms with Crippen molar-refractivity contribution in [2.45, 2.75) is 11.1 Å². The zero-order valence-electron chi connectivity index (χ0n) is 16.5. The van der Waals surface area contributed by atoms with E-state index in [1.54, 1.807) is 4.72 Å². The van der Waals surface area contributed by atoms with Crippen molar-refractivity contribution in [2.75, 3.05) is 4.72 Å². The number of nitrogens with zero attached hydrogens (tertiary/aromatic N) is 1. The van der Waals surface area contributed by atoms with Gasteiger partial charge in [0, 0.05) is 23.3 Å². The Balaban J connectivity index is 1.75. The van der Waals surface area contributed by atoms with Crippen molar-refractivity contribution in [2.24, 2.45) is 0 Å². The molecule has 0 bridgehead atoms. The molecular weight excluding hydrogens is 505 g/mol. The molecule has 2 N–H and O–H groups in total. The van der Waals surface area contributed by atoms with Crippen LogP contribution in [0.15, 0.2) is 59.8 Å². The summed E-state index contributed by atoms with van der Waals surface area (Å²) in [7, 11) is -4.73. The Bertz CT molecular complexity index is 1550. The van der Waals surface area contributed by atoms with E-state index in [0.29, 0.717) is 24.3 Å². The SMILES string of the molecule is O=C(c1c(F)ccc(NS(=O)(=O)c2cccc(C(F)(F)F)c2)c1F)c1c[nH]c2ncc(Cl)cc12. The number of fused-ring (bicyclic) bond motifs is 1. The summed E-state index contributed by atoms with van der Waals surface area (Å²) < 4.78 is 95.4. The van der Waals surface area contributed by atoms with Gasteiger partial charge < -0.3 is 4.98 Å². The van der Waals surface area contributed by atoms with Gasteiger partial charge >= 0.3 is 6.18 Å². The second-order valence-electron chi connectivity index (χ2n) is 7.00. The summed E-state index contributed by atoms with van der Waals surface area (Å²) in [4.78, 5) is 18.7. The largest absolute Gasteiger partial charge is 0.416 e. The molecular formula is C21H11ClF5N3O3S. The van der Waals surface area contributed by atoms with Crippen LogP contribution in [0.4, 0.5) is 27.6 Å². The van der Waals surface area contributed by atoms with Crippen molar-refractivity contribution in [3.05, 3.63) is 88.2 Å². The van der Waals surface area contributed by atoms with Gasteiger partial charge in [-0.05, 0) is 36.4 Å². The molecule has 0 amide bonds. The van der Waals surface area contributed by atoms with Crippen LogP contribution in [0.3, 0.4) is 0 Å². The summed E-state index contributed by atoms with van der Waals surface area (Å²) in [5, 5.41) is 0.330. The second kappa shape index (κ2) is 8.37. The van der Waals surface area contributed by atoms with Crippen LogP contribution in [0.2, 0.25) is 5.02 Å². The van der Waals surface area contributed by atoms with Gasteiger partial charge in [-0.1, -0.05) is 17.7 Å². The highest BCUT2D eigenvalue weighted by molar-refractivity contribution is 7.92. The van der Waals surface area contributed by atoms with Crippen molar-refractivity contribution in [3.63, 3.8) is 0 Å². The van der Waals surface area contributed by atoms with Gasteiger partial charge in [0.1, 0.15) is 11.5 Å². The lowest BCUT2D eigenvalue weighted by atomic mass is 10.0. The number of benzene rings is 2. The van der Waals surface area contributed by atoms with Gasteiger partial charge in [-0.3, -0.25) is 9.52 Å². The standard InChI is InChI=1S/C21H11ClF5N3O3S/c22-11-7-13-14(9-29-20(13)28-8-11)19(31)17-15(23)4-5-16(18(17)24)30-34(32,33)12-3-1-2-10(6-12)21(25,26)27/h1-9,30H,(H,28,29). The maximum atomic E-state index is 15.2. The summed E-state index contributed by atoms with van der Waals surface area (Å²) in [6, 6.07) is 5.47. The molecule has 4 aromatic rings. The van der Waals surface area contributed by atoms with Gasteiger partial charge in [0.2, 0.25) is 5.78 Å². The first-order valence-corrected chi connectivity index (χ1v) is 11.1. The Labute approximate surface area is 193 Å². The number of hydrogen-bond acceptors (Lipinski definition) is 4. The molecule has 0 aliphatic carbocycles. The maximum Gasteiger partial charge on any atom is 0.416 e. The average molecular weight is 516 g/mol. The van der Waals surface area contributed by atoms with Crippen LogP contribution in [-0.2, 0) is 16.2 Å². The van der Waals surface area contributed by atoms with Gasteiger partial charge in [-0.15, -0.1) is 0 Å². The quantitative estimate of drug-likeness (QED) is 0.269. The van der Waals surface area contributed by atoms with Gasteiger partial charge in [0.05, 0.1) is 26.7 Å². The van der Waals surface area contributed by atoms with Gasteiger partial charge in [-0.2, -0.15) is 13.2 Å². The van der Waals surface area contributed by atoms with Crippen molar-refractivity contribution in [1.82, 2.24) is 9.97 Å². The Hall–Kier alpha value is -3.51. The highest BCUT2D eigenvalue weighted by Gasteiger charge is 2.32. The Morgan fingerprint density at radius 3 is 2.53 bits per heavy atom. The minimum atomic E-state index is -4.82. The molecule has 0 aliphatic rings. The number of rotatable bonds is 5. The number of alkyl halides is 3. The fourth-order valence-electron chi connectivity index (χ4n) is 3.18. The first-order valence-electron chi connectivity index (χ1n) is 9.24. The van der Waals surface area contributed by atoms with Crippen LogP contribution in [0, 0.1) is 11.6 Å². The summed E-state index contributed by atoms with van der Waals surface area (Å²) in [5.74, 6) is -3.97. The minimum absolute atomic E-state index is 0.157. The van der Waals surface area contributed by atoms with Gasteiger partial charge in [0.15, 0.2) is 5.82 Å². The first kappa shape index (κ1) is 23.6. The van der Waals surface area contributed by atoms with Crippen LogP contribution in [0.5, 0.6) is 0 Å². The molecule has 0 saturated carbocycles. The van der Waals surface area contributed by atoms with E-state index in [-0.39, 0.29) is 21.6 Å². The van der Waals surface area contributed by atoms with E-state index in [9.17, 15) is 30.8 Å². The number of nitrogens with one attached hydrogen (secondary N) is 2. The average Bonchev–Trinajstić information content (AvgIpc) is 3.18. The number of ketones is 1. The minimum Gasteiger partial charge on any atom is -0.345 e. The lowest BCUT2D eigenvalue weighted by Crippen LogP contribution is -2.17. The van der Waals surface area contributed by atoms with Gasteiger partial charge in [-0.25, -0.2) is 22.2 Å². The number of halogens is 6. The summed E-state index contributed by atoms with van der Waals surface area (Å²) in [6.45, 7) is 0. The van der Waals surface area contributed by atoms with Crippen molar-refractivity contribution >= 4 is 44.1 Å². The molecule has 6 nitrogen and oxygen atoms in total. The molecule has 0 atom stereocenters. The van der Waals surface area contributed by atoms with Crippen LogP contribution >= 0.6 is 11.6 Å². The van der Waals surface area contributed by atoms with Crippen molar-refractivity contribution in [1.29, 1.82) is 0 Å². The molecule has 2 aromatic carbocycles. The zero-order valence-corrected chi connectivity index (χ0v) is 18.1. The number of pyridine rings is 1. The normalized spacial score (nSPS) is 12.2. The molecule has 34 heavy (non-hydrogen) atoms. The molecule has 0 spiro atoms. The highest BCUT2D eigenvalue weighted by Crippen LogP contribution is 2.32. The van der Waals surface area contributed by atoms with E-state index < -0.39 is 55.3 Å². The molecule has 4 rings (SSSR count). The van der Waals surface area contributed by atoms with Crippen molar-refractivity contribution in [3.8, 4) is 0 Å². The Morgan fingerprint density at radius 2 is 1.82 bits per heavy atom. The number of aromatic nitrogens is 2. The first-order chi connectivity index (χ1) is 15.9. The predicted octanol–water partition coefficient (Wildman–Crippen LogP) is 5.55. The maximum absolute atomic E-state index is 15.2. The fraction of sp³-hybridized carbons (Fsp3) is 0.0476. The molecule has 0 saturated heterocycles. The number of sulfonamides is 1. The van der Waals surface area contributed by atoms with Crippen LogP contribution < -0.4 is 4.72 Å². The molecule has 176 valence electrons. The summed E-state index contributed by atoms with van der Waals surface area (Å²) >= 11 is 5.87. The number of hydrogen-bond donors (Lipinski definition) is 2. The third-order valence-corrected chi connectivity index (χ3v) is 6.35. The number of aromatic amines is 1. The number of carbonyl (C=O) groups excluding carboxylic acids is 1. The Kier molecular flexibility index (Phi) is 5.82. The van der Waals surface area contributed by atoms with Crippen LogP contribution in [0.1, 0.15) is 21.5 Å². The smallest absolute Gasteiger partial charge is 0.345 e. The van der Waals surface area contributed by atoms with E-state index in [1.165, 1.54) is 12.3 Å². The van der Waals surface area contributed by atoms with Crippen LogP contribution in [0.25, 0.3) is 11.0 Å². The number of H-pyrrole nitrogens is 1. The summed E-state index contributed by atoms with van der Waals surface area (Å²) in [6.07, 6.45) is -2.36. The topological polar surface area (TPSA) is 91.9 Å². The van der Waals surface area contributed by atoms with E-state index in [1.807, 2.05) is 0 Å². The molecule has 2 aromatic heterocycles. The second-order valence-corrected chi connectivity index (χ2v) is 9.12. The Morgan fingerprint density at radius 1 is 1.09 bits per heavy atom. The third-order valence-electron chi connectivity index (χ3n) is 4.78. The highest BCUT2D eigenvalue weighted by atomic mass is 35.5. The van der Waals surface area contributed by atoms with E-state index >= 15 is 4.39 Å². The van der Waals surface area contributed by atoms with E-state index in [4.69, 9.17) is 11.6 Å². The number of carbonyl (C=O) groups is 1. The molecule has 0 aliphatic heterocycles. The van der Waals surface area contributed by atoms with E-state index in [2.05, 4.69) is 9.97 Å². The molecule has 13 heteroatoms. The predicted molar refractivity (Wildman–Crippen MR) is 113 cm³/mol.